The molecule has 11 nitrogen and oxygen atoms in total. The largest absolute Gasteiger partial charge is 0.416 e. The lowest BCUT2D eigenvalue weighted by atomic mass is 10.1. The molecular weight excluding hydrogens is 670 g/mol. The van der Waals surface area contributed by atoms with Gasteiger partial charge in [0.1, 0.15) is 5.82 Å². The molecule has 17 heteroatoms. The molecular formula is C33H20F6N8O3. The summed E-state index contributed by atoms with van der Waals surface area (Å²) in [6.07, 6.45) is -4.71. The summed E-state index contributed by atoms with van der Waals surface area (Å²) in [5.74, 6) is -0.0461. The second kappa shape index (κ2) is 13.5. The van der Waals surface area contributed by atoms with Crippen molar-refractivity contribution in [2.45, 2.75) is 12.4 Å². The molecule has 0 spiro atoms. The number of imidazole rings is 2. The van der Waals surface area contributed by atoms with Crippen LogP contribution in [0.1, 0.15) is 21.6 Å². The van der Waals surface area contributed by atoms with Gasteiger partial charge in [0, 0.05) is 17.3 Å². The molecule has 1 amide bonds. The van der Waals surface area contributed by atoms with Gasteiger partial charge in [-0.2, -0.15) is 41.1 Å². The molecule has 0 aliphatic carbocycles. The van der Waals surface area contributed by atoms with Crippen molar-refractivity contribution in [3.05, 3.63) is 126 Å². The monoisotopic (exact) mass is 690 g/mol. The Morgan fingerprint density at radius 2 is 1.26 bits per heavy atom. The fourth-order valence-electron chi connectivity index (χ4n) is 4.64. The van der Waals surface area contributed by atoms with Crippen molar-refractivity contribution in [2.24, 2.45) is 0 Å². The van der Waals surface area contributed by atoms with E-state index in [1.165, 1.54) is 51.9 Å². The number of amides is 1. The molecule has 1 N–H and O–H groups in total. The SMILES string of the molecule is O=C(Nc1ccccn1)c1cnc2ccc(-c3cccc(C(F)(F)F)c3)nn12.O=COc1cnc2ccc(-c3cccc(C(F)(F)F)c3)nn12. The van der Waals surface area contributed by atoms with Gasteiger partial charge in [0.15, 0.2) is 17.0 Å². The van der Waals surface area contributed by atoms with Crippen LogP contribution in [0.5, 0.6) is 5.88 Å². The summed E-state index contributed by atoms with van der Waals surface area (Å²) in [5, 5.41) is 11.1. The number of alkyl halides is 6. The Labute approximate surface area is 276 Å². The van der Waals surface area contributed by atoms with Gasteiger partial charge in [0.05, 0.1) is 34.9 Å². The Hall–Kier alpha value is -6.65. The van der Waals surface area contributed by atoms with E-state index in [0.29, 0.717) is 28.4 Å². The fourth-order valence-corrected chi connectivity index (χ4v) is 4.64. The van der Waals surface area contributed by atoms with Gasteiger partial charge in [-0.15, -0.1) is 0 Å². The number of nitrogens with one attached hydrogen (secondary N) is 1. The van der Waals surface area contributed by atoms with E-state index in [0.717, 1.165) is 24.3 Å². The van der Waals surface area contributed by atoms with E-state index in [1.54, 1.807) is 42.5 Å². The van der Waals surface area contributed by atoms with Crippen molar-refractivity contribution >= 4 is 29.5 Å². The number of aromatic nitrogens is 7. The van der Waals surface area contributed by atoms with Gasteiger partial charge < -0.3 is 10.1 Å². The molecule has 7 aromatic rings. The maximum Gasteiger partial charge on any atom is 0.416 e. The van der Waals surface area contributed by atoms with Crippen LogP contribution in [0.15, 0.2) is 110 Å². The molecule has 0 aliphatic rings. The van der Waals surface area contributed by atoms with E-state index < -0.39 is 29.4 Å². The highest BCUT2D eigenvalue weighted by Crippen LogP contribution is 2.33. The third kappa shape index (κ3) is 7.25. The summed E-state index contributed by atoms with van der Waals surface area (Å²) in [4.78, 5) is 35.0. The molecule has 0 saturated heterocycles. The number of nitrogens with zero attached hydrogens (tertiary/aromatic N) is 7. The minimum Gasteiger partial charge on any atom is -0.408 e. The first-order valence-corrected chi connectivity index (χ1v) is 14.3. The van der Waals surface area contributed by atoms with Crippen molar-refractivity contribution in [2.75, 3.05) is 5.32 Å². The van der Waals surface area contributed by atoms with Crippen LogP contribution in [-0.2, 0) is 17.1 Å². The molecule has 50 heavy (non-hydrogen) atoms. The van der Waals surface area contributed by atoms with E-state index >= 15 is 0 Å². The van der Waals surface area contributed by atoms with Gasteiger partial charge in [-0.3, -0.25) is 9.59 Å². The number of pyridine rings is 1. The Bertz CT molecular complexity index is 2320. The average molecular weight is 691 g/mol. The lowest BCUT2D eigenvalue weighted by Gasteiger charge is -2.09. The van der Waals surface area contributed by atoms with Gasteiger partial charge in [-0.05, 0) is 60.7 Å². The lowest BCUT2D eigenvalue weighted by Crippen LogP contribution is -2.16. The van der Waals surface area contributed by atoms with Gasteiger partial charge in [-0.25, -0.2) is 19.5 Å². The number of hydrogen-bond acceptors (Lipinski definition) is 8. The summed E-state index contributed by atoms with van der Waals surface area (Å²) >= 11 is 0. The van der Waals surface area contributed by atoms with Crippen LogP contribution in [0.3, 0.4) is 0 Å². The standard InChI is InChI=1S/C19H12F3N5O.C14H8F3N3O2/c20-19(21,22)13-5-3-4-12(10-13)14-7-8-17-24-11-15(27(17)26-14)18(28)25-16-6-1-2-9-23-16;15-14(16,17)10-3-1-2-9(6-10)11-4-5-12-18-7-13(22-8-21)20(12)19-11/h1-11H,(H,23,25,28);1-8H. The zero-order valence-electron chi connectivity index (χ0n) is 25.1. The maximum absolute atomic E-state index is 13.0. The molecule has 7 rings (SSSR count). The van der Waals surface area contributed by atoms with Crippen molar-refractivity contribution in [3.63, 3.8) is 0 Å². The van der Waals surface area contributed by atoms with Crippen LogP contribution in [0.25, 0.3) is 33.8 Å². The number of halogens is 6. The molecule has 0 atom stereocenters. The van der Waals surface area contributed by atoms with Gasteiger partial charge in [-0.1, -0.05) is 30.3 Å². The smallest absolute Gasteiger partial charge is 0.408 e. The third-order valence-corrected chi connectivity index (χ3v) is 6.97. The summed E-state index contributed by atoms with van der Waals surface area (Å²) in [5.41, 5.74) is 0.552. The number of rotatable bonds is 6. The number of fused-ring (bicyclic) bond motifs is 2. The van der Waals surface area contributed by atoms with E-state index in [1.807, 2.05) is 0 Å². The zero-order valence-corrected chi connectivity index (χ0v) is 25.1. The van der Waals surface area contributed by atoms with Crippen molar-refractivity contribution < 1.29 is 40.7 Å². The fraction of sp³-hybridized carbons (Fsp3) is 0.0606. The summed E-state index contributed by atoms with van der Waals surface area (Å²) < 4.78 is 84.4. The second-order valence-electron chi connectivity index (χ2n) is 10.3. The quantitative estimate of drug-likeness (QED) is 0.146. The van der Waals surface area contributed by atoms with Gasteiger partial charge in [0.2, 0.25) is 5.88 Å². The van der Waals surface area contributed by atoms with E-state index in [-0.39, 0.29) is 29.3 Å². The highest BCUT2D eigenvalue weighted by atomic mass is 19.4. The zero-order chi connectivity index (χ0) is 35.5. The van der Waals surface area contributed by atoms with Crippen LogP contribution in [0.2, 0.25) is 0 Å². The third-order valence-electron chi connectivity index (χ3n) is 6.97. The Morgan fingerprint density at radius 1 is 0.680 bits per heavy atom. The van der Waals surface area contributed by atoms with Crippen molar-refractivity contribution in [1.29, 1.82) is 0 Å². The maximum atomic E-state index is 13.0. The first-order chi connectivity index (χ1) is 23.9. The van der Waals surface area contributed by atoms with Gasteiger partial charge in [0.25, 0.3) is 12.4 Å². The molecule has 5 heterocycles. The normalized spacial score (nSPS) is 11.6. The Balaban J connectivity index is 0.000000178. The highest BCUT2D eigenvalue weighted by Gasteiger charge is 2.31. The predicted molar refractivity (Wildman–Crippen MR) is 166 cm³/mol. The molecule has 0 aliphatic heterocycles. The number of ether oxygens (including phenoxy) is 1. The van der Waals surface area contributed by atoms with E-state index in [9.17, 15) is 35.9 Å². The molecule has 0 saturated carbocycles. The van der Waals surface area contributed by atoms with Crippen LogP contribution in [0.4, 0.5) is 32.2 Å². The van der Waals surface area contributed by atoms with Crippen LogP contribution in [-0.4, -0.2) is 46.6 Å². The number of benzene rings is 2. The minimum atomic E-state index is -4.46. The van der Waals surface area contributed by atoms with Crippen LogP contribution < -0.4 is 10.1 Å². The molecule has 0 radical (unpaired) electrons. The topological polar surface area (TPSA) is 129 Å². The van der Waals surface area contributed by atoms with Crippen molar-refractivity contribution in [3.8, 4) is 28.4 Å². The van der Waals surface area contributed by atoms with Crippen LogP contribution >= 0.6 is 0 Å². The Morgan fingerprint density at radius 3 is 1.82 bits per heavy atom. The number of carbonyl (C=O) groups excluding carboxylic acids is 2. The molecule has 0 unspecified atom stereocenters. The average Bonchev–Trinajstić information content (AvgIpc) is 3.72. The van der Waals surface area contributed by atoms with E-state index in [2.05, 4.69) is 30.5 Å². The summed E-state index contributed by atoms with van der Waals surface area (Å²) in [6, 6.07) is 21.0. The highest BCUT2D eigenvalue weighted by molar-refractivity contribution is 6.02. The number of hydrogen-bond donors (Lipinski definition) is 1. The first-order valence-electron chi connectivity index (χ1n) is 14.3. The summed E-state index contributed by atoms with van der Waals surface area (Å²) in [6.45, 7) is 0.224. The molecule has 252 valence electrons. The number of carbonyl (C=O) groups is 2. The molecule has 0 fully saturated rings. The lowest BCUT2D eigenvalue weighted by molar-refractivity contribution is -0.138. The second-order valence-corrected chi connectivity index (χ2v) is 10.3. The molecule has 2 aromatic carbocycles. The van der Waals surface area contributed by atoms with Gasteiger partial charge >= 0.3 is 12.4 Å². The summed E-state index contributed by atoms with van der Waals surface area (Å²) in [7, 11) is 0. The minimum absolute atomic E-state index is 0.0822. The Kier molecular flexibility index (Phi) is 8.95. The van der Waals surface area contributed by atoms with E-state index in [4.69, 9.17) is 4.74 Å². The van der Waals surface area contributed by atoms with Crippen LogP contribution in [0, 0.1) is 0 Å². The molecule has 0 bridgehead atoms. The number of anilines is 1. The first kappa shape index (κ1) is 33.3. The van der Waals surface area contributed by atoms with Crippen molar-refractivity contribution in [1.82, 2.24) is 34.2 Å². The molecule has 5 aromatic heterocycles. The predicted octanol–water partition coefficient (Wildman–Crippen LogP) is 7.01.